The molecule has 1 saturated heterocycles. The van der Waals surface area contributed by atoms with Crippen LogP contribution >= 0.6 is 0 Å². The van der Waals surface area contributed by atoms with Crippen molar-refractivity contribution in [2.75, 3.05) is 13.2 Å². The highest BCUT2D eigenvalue weighted by atomic mass is 16.7. The summed E-state index contributed by atoms with van der Waals surface area (Å²) in [6.07, 6.45) is 1.09. The number of hydrogen-bond donors (Lipinski definition) is 2. The molecule has 0 spiro atoms. The van der Waals surface area contributed by atoms with E-state index in [9.17, 15) is 20.0 Å². The van der Waals surface area contributed by atoms with Crippen molar-refractivity contribution in [2.45, 2.75) is 19.1 Å². The Morgan fingerprint density at radius 3 is 2.86 bits per heavy atom. The number of nitro groups is 1. The second kappa shape index (κ2) is 6.50. The number of benzene rings is 1. The minimum Gasteiger partial charge on any atom is -0.507 e. The number of nitrogens with one attached hydrogen (secondary N) is 1. The summed E-state index contributed by atoms with van der Waals surface area (Å²) >= 11 is 0. The number of non-ortho nitro benzene ring substituents is 1. The molecule has 1 fully saturated rings. The minimum absolute atomic E-state index is 0.0364. The van der Waals surface area contributed by atoms with E-state index >= 15 is 0 Å². The fraction of sp³-hybridized carbons (Fsp3) is 0.385. The second-order valence-corrected chi connectivity index (χ2v) is 4.80. The van der Waals surface area contributed by atoms with Crippen molar-refractivity contribution in [3.8, 4) is 5.75 Å². The number of phenolic OH excluding ortho intramolecular Hbond substituents is 1. The van der Waals surface area contributed by atoms with Crippen molar-refractivity contribution in [1.29, 1.82) is 0 Å². The van der Waals surface area contributed by atoms with Crippen LogP contribution < -0.4 is 5.43 Å². The maximum atomic E-state index is 11.7. The van der Waals surface area contributed by atoms with Crippen LogP contribution in [-0.4, -0.2) is 41.2 Å². The van der Waals surface area contributed by atoms with E-state index in [0.29, 0.717) is 13.2 Å². The number of aromatic hydroxyl groups is 1. The molecular formula is C13H15N3O6. The van der Waals surface area contributed by atoms with Gasteiger partial charge >= 0.3 is 0 Å². The third kappa shape index (κ3) is 3.99. The molecule has 1 aliphatic rings. The highest BCUT2D eigenvalue weighted by Gasteiger charge is 2.33. The average molecular weight is 309 g/mol. The highest BCUT2D eigenvalue weighted by Crippen LogP contribution is 2.22. The molecule has 0 saturated carbocycles. The van der Waals surface area contributed by atoms with E-state index in [1.807, 2.05) is 0 Å². The average Bonchev–Trinajstić information content (AvgIpc) is 2.86. The zero-order chi connectivity index (χ0) is 16.2. The van der Waals surface area contributed by atoms with E-state index in [1.165, 1.54) is 12.1 Å². The zero-order valence-corrected chi connectivity index (χ0v) is 11.8. The van der Waals surface area contributed by atoms with Crippen molar-refractivity contribution >= 4 is 17.8 Å². The Bertz CT molecular complexity index is 610. The number of carbonyl (C=O) groups excluding carboxylic acids is 1. The molecule has 0 aliphatic carbocycles. The molecule has 1 aliphatic heterocycles. The van der Waals surface area contributed by atoms with Crippen molar-refractivity contribution in [1.82, 2.24) is 5.43 Å². The molecule has 0 unspecified atom stereocenters. The normalized spacial score (nSPS) is 16.8. The molecule has 9 heteroatoms. The second-order valence-electron chi connectivity index (χ2n) is 4.80. The Balaban J connectivity index is 1.96. The van der Waals surface area contributed by atoms with Gasteiger partial charge in [0.1, 0.15) is 5.75 Å². The largest absolute Gasteiger partial charge is 0.507 e. The van der Waals surface area contributed by atoms with Crippen molar-refractivity contribution in [3.05, 3.63) is 33.9 Å². The van der Waals surface area contributed by atoms with Crippen LogP contribution in [-0.2, 0) is 14.3 Å². The van der Waals surface area contributed by atoms with Crippen LogP contribution in [0.15, 0.2) is 23.3 Å². The summed E-state index contributed by atoms with van der Waals surface area (Å²) in [5.74, 6) is -1.59. The van der Waals surface area contributed by atoms with Gasteiger partial charge in [0, 0.05) is 17.7 Å². The Morgan fingerprint density at radius 2 is 2.23 bits per heavy atom. The summed E-state index contributed by atoms with van der Waals surface area (Å²) < 4.78 is 10.6. The summed E-state index contributed by atoms with van der Waals surface area (Å²) in [7, 11) is 0. The molecule has 1 amide bonds. The molecule has 2 rings (SSSR count). The summed E-state index contributed by atoms with van der Waals surface area (Å²) in [4.78, 5) is 21.8. The number of rotatable bonds is 5. The lowest BCUT2D eigenvalue weighted by Gasteiger charge is -2.20. The van der Waals surface area contributed by atoms with Gasteiger partial charge in [0.15, 0.2) is 5.79 Å². The van der Waals surface area contributed by atoms with Crippen LogP contribution in [0.4, 0.5) is 5.69 Å². The van der Waals surface area contributed by atoms with Gasteiger partial charge in [-0.3, -0.25) is 14.9 Å². The van der Waals surface area contributed by atoms with Crippen molar-refractivity contribution in [3.63, 3.8) is 0 Å². The summed E-state index contributed by atoms with van der Waals surface area (Å²) in [5, 5.41) is 23.9. The molecule has 0 radical (unpaired) electrons. The standard InChI is InChI=1S/C13H15N3O6/c1-13(21-4-5-22-13)7-12(18)15-14-8-9-6-10(16(19)20)2-3-11(9)17/h2-3,6,8,17H,4-5,7H2,1H3,(H,15,18). The third-order valence-electron chi connectivity index (χ3n) is 2.99. The molecule has 0 aromatic heterocycles. The highest BCUT2D eigenvalue weighted by molar-refractivity contribution is 5.86. The SMILES string of the molecule is CC1(CC(=O)NN=Cc2cc([N+](=O)[O-])ccc2O)OCCO1. The van der Waals surface area contributed by atoms with Crippen molar-refractivity contribution in [2.24, 2.45) is 5.10 Å². The van der Waals surface area contributed by atoms with Gasteiger partial charge in [0.25, 0.3) is 5.69 Å². The quantitative estimate of drug-likeness (QED) is 0.473. The zero-order valence-electron chi connectivity index (χ0n) is 11.8. The first-order valence-corrected chi connectivity index (χ1v) is 6.47. The smallest absolute Gasteiger partial charge is 0.270 e. The fourth-order valence-electron chi connectivity index (χ4n) is 1.92. The summed E-state index contributed by atoms with van der Waals surface area (Å²) in [6, 6.07) is 3.50. The molecule has 22 heavy (non-hydrogen) atoms. The van der Waals surface area contributed by atoms with E-state index in [1.54, 1.807) is 6.92 Å². The van der Waals surface area contributed by atoms with Gasteiger partial charge in [-0.1, -0.05) is 0 Å². The molecule has 1 aromatic rings. The number of hydrogen-bond acceptors (Lipinski definition) is 7. The number of carbonyl (C=O) groups is 1. The number of ether oxygens (including phenoxy) is 2. The first-order chi connectivity index (χ1) is 10.4. The van der Waals surface area contributed by atoms with Gasteiger partial charge < -0.3 is 14.6 Å². The minimum atomic E-state index is -0.965. The molecule has 1 aromatic carbocycles. The Labute approximate surface area is 125 Å². The predicted molar refractivity (Wildman–Crippen MR) is 75.4 cm³/mol. The van der Waals surface area contributed by atoms with Crippen LogP contribution in [0, 0.1) is 10.1 Å². The van der Waals surface area contributed by atoms with Gasteiger partial charge in [-0.15, -0.1) is 0 Å². The molecule has 0 atom stereocenters. The summed E-state index contributed by atoms with van der Waals surface area (Å²) in [5.41, 5.74) is 2.18. The predicted octanol–water partition coefficient (Wildman–Crippen LogP) is 0.904. The third-order valence-corrected chi connectivity index (χ3v) is 2.99. The van der Waals surface area contributed by atoms with E-state index in [-0.39, 0.29) is 23.4 Å². The maximum Gasteiger partial charge on any atom is 0.270 e. The van der Waals surface area contributed by atoms with E-state index < -0.39 is 16.6 Å². The lowest BCUT2D eigenvalue weighted by Crippen LogP contribution is -2.33. The van der Waals surface area contributed by atoms with Crippen LogP contribution in [0.1, 0.15) is 18.9 Å². The Hall–Kier alpha value is -2.52. The van der Waals surface area contributed by atoms with Crippen LogP contribution in [0.5, 0.6) is 5.75 Å². The van der Waals surface area contributed by atoms with Crippen LogP contribution in [0.25, 0.3) is 0 Å². The first-order valence-electron chi connectivity index (χ1n) is 6.47. The molecule has 9 nitrogen and oxygen atoms in total. The number of nitro benzene ring substituents is 1. The lowest BCUT2D eigenvalue weighted by molar-refractivity contribution is -0.384. The van der Waals surface area contributed by atoms with Gasteiger partial charge in [0.05, 0.1) is 30.8 Å². The first kappa shape index (κ1) is 15.9. The lowest BCUT2D eigenvalue weighted by atomic mass is 10.2. The topological polar surface area (TPSA) is 123 Å². The molecule has 0 bridgehead atoms. The van der Waals surface area contributed by atoms with E-state index in [4.69, 9.17) is 9.47 Å². The van der Waals surface area contributed by atoms with Gasteiger partial charge in [-0.05, 0) is 13.0 Å². The maximum absolute atomic E-state index is 11.7. The van der Waals surface area contributed by atoms with Crippen LogP contribution in [0.3, 0.4) is 0 Å². The number of hydrazone groups is 1. The van der Waals surface area contributed by atoms with Gasteiger partial charge in [0.2, 0.25) is 5.91 Å². The van der Waals surface area contributed by atoms with Crippen molar-refractivity contribution < 1.29 is 24.3 Å². The van der Waals surface area contributed by atoms with E-state index in [2.05, 4.69) is 10.5 Å². The Morgan fingerprint density at radius 1 is 1.55 bits per heavy atom. The molecular weight excluding hydrogens is 294 g/mol. The van der Waals surface area contributed by atoms with Crippen LogP contribution in [0.2, 0.25) is 0 Å². The van der Waals surface area contributed by atoms with Gasteiger partial charge in [-0.2, -0.15) is 5.10 Å². The number of amides is 1. The monoisotopic (exact) mass is 309 g/mol. The Kier molecular flexibility index (Phi) is 4.68. The summed E-state index contributed by atoms with van der Waals surface area (Å²) in [6.45, 7) is 2.50. The molecule has 118 valence electrons. The number of nitrogens with zero attached hydrogens (tertiary/aromatic N) is 2. The fourth-order valence-corrected chi connectivity index (χ4v) is 1.92. The molecule has 1 heterocycles. The molecule has 2 N–H and O–H groups in total. The van der Waals surface area contributed by atoms with Gasteiger partial charge in [-0.25, -0.2) is 5.43 Å². The number of phenols is 1. The van der Waals surface area contributed by atoms with E-state index in [0.717, 1.165) is 12.3 Å².